The van der Waals surface area contributed by atoms with Crippen LogP contribution >= 0.6 is 11.8 Å². The zero-order valence-electron chi connectivity index (χ0n) is 19.5. The van der Waals surface area contributed by atoms with Crippen molar-refractivity contribution < 1.29 is 19.1 Å². The molecule has 9 nitrogen and oxygen atoms in total. The van der Waals surface area contributed by atoms with E-state index in [1.165, 1.54) is 11.8 Å². The number of nitrogens with one attached hydrogen (secondary N) is 2. The number of aryl methyl sites for hydroxylation is 1. The van der Waals surface area contributed by atoms with Gasteiger partial charge in [0.15, 0.2) is 16.7 Å². The Labute approximate surface area is 203 Å². The molecule has 0 spiro atoms. The number of nitrogens with zero attached hydrogens (tertiary/aromatic N) is 3. The van der Waals surface area contributed by atoms with E-state index in [-0.39, 0.29) is 17.6 Å². The van der Waals surface area contributed by atoms with E-state index >= 15 is 0 Å². The summed E-state index contributed by atoms with van der Waals surface area (Å²) in [7, 11) is 1.82. The number of hydrogen-bond acceptors (Lipinski definition) is 7. The molecule has 0 saturated heterocycles. The molecule has 10 heteroatoms. The molecular formula is C24H29N5O4S. The van der Waals surface area contributed by atoms with Crippen LogP contribution in [0.15, 0.2) is 53.9 Å². The predicted molar refractivity (Wildman–Crippen MR) is 132 cm³/mol. The van der Waals surface area contributed by atoms with E-state index in [2.05, 4.69) is 20.8 Å². The summed E-state index contributed by atoms with van der Waals surface area (Å²) >= 11 is 1.29. The lowest BCUT2D eigenvalue weighted by atomic mass is 10.1. The van der Waals surface area contributed by atoms with Gasteiger partial charge in [0.05, 0.1) is 19.0 Å². The topological polar surface area (TPSA) is 107 Å². The van der Waals surface area contributed by atoms with Crippen molar-refractivity contribution in [1.82, 2.24) is 20.1 Å². The zero-order chi connectivity index (χ0) is 24.3. The Kier molecular flexibility index (Phi) is 9.33. The van der Waals surface area contributed by atoms with E-state index in [0.717, 1.165) is 5.56 Å². The maximum Gasteiger partial charge on any atom is 0.251 e. The molecule has 3 aromatic rings. The molecule has 0 aliphatic heterocycles. The highest BCUT2D eigenvalue weighted by atomic mass is 32.2. The number of ether oxygens (including phenoxy) is 2. The summed E-state index contributed by atoms with van der Waals surface area (Å²) in [5.41, 5.74) is 2.07. The molecule has 0 atom stereocenters. The third-order valence-electron chi connectivity index (χ3n) is 4.72. The highest BCUT2D eigenvalue weighted by Gasteiger charge is 2.11. The van der Waals surface area contributed by atoms with Crippen molar-refractivity contribution in [2.45, 2.75) is 25.4 Å². The molecule has 2 aromatic carbocycles. The lowest BCUT2D eigenvalue weighted by Gasteiger charge is -2.13. The van der Waals surface area contributed by atoms with Crippen LogP contribution in [0.5, 0.6) is 11.5 Å². The number of carbonyl (C=O) groups excluding carboxylic acids is 2. The van der Waals surface area contributed by atoms with Gasteiger partial charge in [0.1, 0.15) is 6.33 Å². The second-order valence-corrected chi connectivity index (χ2v) is 8.24. The summed E-state index contributed by atoms with van der Waals surface area (Å²) in [5, 5.41) is 14.1. The van der Waals surface area contributed by atoms with Gasteiger partial charge in [-0.15, -0.1) is 10.2 Å². The molecule has 0 aliphatic rings. The SMILES string of the molecule is CCOc1ccc(CCNC(=O)c2cccc(NC(=O)CSc3nncn3C)c2)cc1OCC. The minimum Gasteiger partial charge on any atom is -0.490 e. The largest absolute Gasteiger partial charge is 0.490 e. The Morgan fingerprint density at radius 3 is 2.59 bits per heavy atom. The second kappa shape index (κ2) is 12.6. The summed E-state index contributed by atoms with van der Waals surface area (Å²) in [5.74, 6) is 1.21. The van der Waals surface area contributed by atoms with Crippen LogP contribution < -0.4 is 20.1 Å². The van der Waals surface area contributed by atoms with Crippen LogP contribution in [0.4, 0.5) is 5.69 Å². The smallest absolute Gasteiger partial charge is 0.251 e. The van der Waals surface area contributed by atoms with Gasteiger partial charge in [-0.2, -0.15) is 0 Å². The number of amides is 2. The molecule has 1 heterocycles. The molecule has 0 aliphatic carbocycles. The molecule has 0 saturated carbocycles. The van der Waals surface area contributed by atoms with Gasteiger partial charge >= 0.3 is 0 Å². The fraction of sp³-hybridized carbons (Fsp3) is 0.333. The van der Waals surface area contributed by atoms with Gasteiger partial charge in [-0.1, -0.05) is 23.9 Å². The molecule has 2 N–H and O–H groups in total. The highest BCUT2D eigenvalue weighted by Crippen LogP contribution is 2.28. The highest BCUT2D eigenvalue weighted by molar-refractivity contribution is 7.99. The van der Waals surface area contributed by atoms with Crippen LogP contribution in [0, 0.1) is 0 Å². The summed E-state index contributed by atoms with van der Waals surface area (Å²) in [6, 6.07) is 12.6. The fourth-order valence-corrected chi connectivity index (χ4v) is 3.83. The monoisotopic (exact) mass is 483 g/mol. The average molecular weight is 484 g/mol. The Bertz CT molecular complexity index is 1120. The van der Waals surface area contributed by atoms with Crippen molar-refractivity contribution in [2.75, 3.05) is 30.8 Å². The maximum atomic E-state index is 12.6. The zero-order valence-corrected chi connectivity index (χ0v) is 20.4. The van der Waals surface area contributed by atoms with Crippen LogP contribution in [0.2, 0.25) is 0 Å². The molecule has 0 radical (unpaired) electrons. The first-order chi connectivity index (χ1) is 16.5. The van der Waals surface area contributed by atoms with Crippen LogP contribution in [0.3, 0.4) is 0 Å². The maximum absolute atomic E-state index is 12.6. The quantitative estimate of drug-likeness (QED) is 0.381. The van der Waals surface area contributed by atoms with Crippen molar-refractivity contribution in [1.29, 1.82) is 0 Å². The number of thioether (sulfide) groups is 1. The first-order valence-electron chi connectivity index (χ1n) is 11.0. The lowest BCUT2D eigenvalue weighted by Crippen LogP contribution is -2.26. The van der Waals surface area contributed by atoms with E-state index in [0.29, 0.717) is 54.1 Å². The van der Waals surface area contributed by atoms with Gasteiger partial charge in [0.2, 0.25) is 5.91 Å². The first-order valence-corrected chi connectivity index (χ1v) is 12.0. The van der Waals surface area contributed by atoms with Gasteiger partial charge < -0.3 is 24.7 Å². The normalized spacial score (nSPS) is 10.6. The molecule has 2 amide bonds. The van der Waals surface area contributed by atoms with E-state index < -0.39 is 0 Å². The van der Waals surface area contributed by atoms with Crippen LogP contribution in [-0.2, 0) is 18.3 Å². The molecule has 0 fully saturated rings. The van der Waals surface area contributed by atoms with E-state index in [1.807, 2.05) is 39.1 Å². The first kappa shape index (κ1) is 25.1. The van der Waals surface area contributed by atoms with Gasteiger partial charge in [-0.25, -0.2) is 0 Å². The minimum atomic E-state index is -0.208. The van der Waals surface area contributed by atoms with Crippen molar-refractivity contribution in [3.8, 4) is 11.5 Å². The average Bonchev–Trinajstić information content (AvgIpc) is 3.24. The van der Waals surface area contributed by atoms with Crippen LogP contribution in [0.1, 0.15) is 29.8 Å². The van der Waals surface area contributed by atoms with E-state index in [1.54, 1.807) is 35.2 Å². The Balaban J connectivity index is 1.50. The Hall–Kier alpha value is -3.53. The molecule has 0 unspecified atom stereocenters. The predicted octanol–water partition coefficient (Wildman–Crippen LogP) is 3.32. The number of carbonyl (C=O) groups is 2. The minimum absolute atomic E-state index is 0.189. The number of rotatable bonds is 12. The van der Waals surface area contributed by atoms with Crippen molar-refractivity contribution in [2.24, 2.45) is 7.05 Å². The summed E-state index contributed by atoms with van der Waals surface area (Å²) in [6.07, 6.45) is 2.23. The Morgan fingerprint density at radius 2 is 1.85 bits per heavy atom. The number of benzene rings is 2. The van der Waals surface area contributed by atoms with Crippen molar-refractivity contribution in [3.05, 3.63) is 59.9 Å². The lowest BCUT2D eigenvalue weighted by molar-refractivity contribution is -0.113. The fourth-order valence-electron chi connectivity index (χ4n) is 3.14. The molecular weight excluding hydrogens is 454 g/mol. The van der Waals surface area contributed by atoms with Gasteiger partial charge in [0, 0.05) is 24.8 Å². The molecule has 0 bridgehead atoms. The standard InChI is InChI=1S/C24H29N5O4S/c1-4-32-20-10-9-17(13-21(20)33-5-2)11-12-25-23(31)18-7-6-8-19(14-18)27-22(30)15-34-24-28-26-16-29(24)3/h6-10,13-14,16H,4-5,11-12,15H2,1-3H3,(H,25,31)(H,27,30). The molecule has 3 rings (SSSR count). The van der Waals surface area contributed by atoms with E-state index in [9.17, 15) is 9.59 Å². The molecule has 1 aromatic heterocycles. The molecule has 180 valence electrons. The number of hydrogen-bond donors (Lipinski definition) is 2. The van der Waals surface area contributed by atoms with Crippen molar-refractivity contribution in [3.63, 3.8) is 0 Å². The second-order valence-electron chi connectivity index (χ2n) is 7.30. The van der Waals surface area contributed by atoms with Gasteiger partial charge in [-0.3, -0.25) is 9.59 Å². The van der Waals surface area contributed by atoms with Gasteiger partial charge in [0.25, 0.3) is 5.91 Å². The summed E-state index contributed by atoms with van der Waals surface area (Å²) in [4.78, 5) is 24.9. The molecule has 34 heavy (non-hydrogen) atoms. The van der Waals surface area contributed by atoms with Crippen LogP contribution in [0.25, 0.3) is 0 Å². The van der Waals surface area contributed by atoms with Gasteiger partial charge in [-0.05, 0) is 56.2 Å². The number of aromatic nitrogens is 3. The Morgan fingerprint density at radius 1 is 1.06 bits per heavy atom. The van der Waals surface area contributed by atoms with Crippen LogP contribution in [-0.4, -0.2) is 52.1 Å². The number of anilines is 1. The third-order valence-corrected chi connectivity index (χ3v) is 5.75. The van der Waals surface area contributed by atoms with Crippen molar-refractivity contribution >= 4 is 29.3 Å². The van der Waals surface area contributed by atoms with E-state index in [4.69, 9.17) is 9.47 Å². The third kappa shape index (κ3) is 7.24. The summed E-state index contributed by atoms with van der Waals surface area (Å²) in [6.45, 7) is 5.43. The summed E-state index contributed by atoms with van der Waals surface area (Å²) < 4.78 is 13.0.